The van der Waals surface area contributed by atoms with Crippen molar-refractivity contribution in [2.24, 2.45) is 17.8 Å². The van der Waals surface area contributed by atoms with Gasteiger partial charge < -0.3 is 9.47 Å². The van der Waals surface area contributed by atoms with Crippen molar-refractivity contribution in [2.75, 3.05) is 0 Å². The van der Waals surface area contributed by atoms with E-state index in [2.05, 4.69) is 6.92 Å². The summed E-state index contributed by atoms with van der Waals surface area (Å²) in [5, 5.41) is 0. The van der Waals surface area contributed by atoms with Gasteiger partial charge in [0.1, 0.15) is 5.78 Å². The van der Waals surface area contributed by atoms with E-state index in [4.69, 9.17) is 9.47 Å². The van der Waals surface area contributed by atoms with Gasteiger partial charge in [-0.15, -0.1) is 0 Å². The largest absolute Gasteiger partial charge is 0.393 e. The molecule has 1 aliphatic carbocycles. The number of hydrogen-bond donors (Lipinski definition) is 0. The lowest BCUT2D eigenvalue weighted by molar-refractivity contribution is -0.157. The van der Waals surface area contributed by atoms with E-state index in [0.29, 0.717) is 17.5 Å². The number of benzene rings is 1. The Morgan fingerprint density at radius 1 is 0.659 bits per heavy atom. The Kier molecular flexibility index (Phi) is 11.7. The van der Waals surface area contributed by atoms with Crippen molar-refractivity contribution < 1.29 is 33.4 Å². The van der Waals surface area contributed by atoms with Gasteiger partial charge in [0.25, 0.3) is 0 Å². The first-order chi connectivity index (χ1) is 19.9. The van der Waals surface area contributed by atoms with Crippen LogP contribution in [0.25, 0.3) is 0 Å². The molecular formula is C34H46O7. The molecule has 0 spiro atoms. The van der Waals surface area contributed by atoms with Gasteiger partial charge in [-0.25, -0.2) is 0 Å². The molecule has 1 aromatic carbocycles. The molecule has 0 aromatic heterocycles. The Labute approximate surface area is 244 Å². The molecule has 0 saturated carbocycles. The SMILES string of the molecule is CCCCCCCCCCCCCCCCCC(=O)C1C2C(=O)OC(=O)C2c2ccccc2C1C1CC(=O)OC1=O. The molecule has 3 aliphatic rings. The third kappa shape index (κ3) is 7.72. The standard InChI is InChI=1S/C34H46O7/c1-2-3-4-5-6-7-8-9-10-11-12-13-14-15-16-21-26(35)30-28(25-22-27(36)40-32(25)37)23-19-17-18-20-24(23)29-31(30)34(39)41-33(29)38/h17-20,25,28-31H,2-16,21-22H2,1H3. The highest BCUT2D eigenvalue weighted by Crippen LogP contribution is 2.54. The lowest BCUT2D eigenvalue weighted by atomic mass is 9.59. The number of carbonyl (C=O) groups is 5. The minimum Gasteiger partial charge on any atom is -0.393 e. The van der Waals surface area contributed by atoms with Crippen LogP contribution in [-0.4, -0.2) is 29.7 Å². The first-order valence-electron chi connectivity index (χ1n) is 16.1. The maximum atomic E-state index is 13.7. The summed E-state index contributed by atoms with van der Waals surface area (Å²) in [5.74, 6) is -7.11. The first-order valence-corrected chi connectivity index (χ1v) is 16.1. The molecule has 0 bridgehead atoms. The lowest BCUT2D eigenvalue weighted by Crippen LogP contribution is -2.43. The van der Waals surface area contributed by atoms with Gasteiger partial charge in [0.15, 0.2) is 0 Å². The molecule has 2 fully saturated rings. The maximum Gasteiger partial charge on any atom is 0.321 e. The number of Topliss-reactive ketones (excluding diaryl/α,β-unsaturated/α-hetero) is 1. The Balaban J connectivity index is 1.26. The van der Waals surface area contributed by atoms with Crippen LogP contribution in [0, 0.1) is 17.8 Å². The summed E-state index contributed by atoms with van der Waals surface area (Å²) in [4.78, 5) is 64.0. The van der Waals surface area contributed by atoms with Crippen LogP contribution in [-0.2, 0) is 33.4 Å². The van der Waals surface area contributed by atoms with E-state index in [-0.39, 0.29) is 18.6 Å². The number of ketones is 1. The van der Waals surface area contributed by atoms with Crippen molar-refractivity contribution >= 4 is 29.7 Å². The quantitative estimate of drug-likeness (QED) is 0.106. The Morgan fingerprint density at radius 2 is 1.20 bits per heavy atom. The van der Waals surface area contributed by atoms with Crippen molar-refractivity contribution in [3.63, 3.8) is 0 Å². The summed E-state index contributed by atoms with van der Waals surface area (Å²) >= 11 is 0. The summed E-state index contributed by atoms with van der Waals surface area (Å²) < 4.78 is 9.87. The molecule has 5 atom stereocenters. The van der Waals surface area contributed by atoms with Crippen molar-refractivity contribution in [2.45, 2.75) is 128 Å². The van der Waals surface area contributed by atoms with Gasteiger partial charge in [0.05, 0.1) is 24.2 Å². The second kappa shape index (κ2) is 15.4. The fraction of sp³-hybridized carbons (Fsp3) is 0.676. The van der Waals surface area contributed by atoms with Gasteiger partial charge in [-0.3, -0.25) is 24.0 Å². The van der Waals surface area contributed by atoms with Gasteiger partial charge in [-0.05, 0) is 17.5 Å². The Bertz CT molecular complexity index is 1090. The van der Waals surface area contributed by atoms with Crippen LogP contribution in [0.15, 0.2) is 24.3 Å². The highest BCUT2D eigenvalue weighted by molar-refractivity contribution is 6.04. The molecule has 7 nitrogen and oxygen atoms in total. The van der Waals surface area contributed by atoms with Gasteiger partial charge >= 0.3 is 23.9 Å². The minimum atomic E-state index is -0.977. The summed E-state index contributed by atoms with van der Waals surface area (Å²) in [6.45, 7) is 2.25. The predicted molar refractivity (Wildman–Crippen MR) is 154 cm³/mol. The molecule has 0 N–H and O–H groups in total. The average Bonchev–Trinajstić information content (AvgIpc) is 3.45. The molecule has 2 heterocycles. The number of ether oxygens (including phenoxy) is 2. The summed E-state index contributed by atoms with van der Waals surface area (Å²) in [5.41, 5.74) is 1.26. The van der Waals surface area contributed by atoms with Crippen molar-refractivity contribution in [1.82, 2.24) is 0 Å². The molecule has 1 aromatic rings. The number of carbonyl (C=O) groups excluding carboxylic acids is 5. The second-order valence-electron chi connectivity index (χ2n) is 12.2. The maximum absolute atomic E-state index is 13.7. The Morgan fingerprint density at radius 3 is 1.73 bits per heavy atom. The topological polar surface area (TPSA) is 104 Å². The van der Waals surface area contributed by atoms with E-state index in [9.17, 15) is 24.0 Å². The highest BCUT2D eigenvalue weighted by atomic mass is 16.6. The molecular weight excluding hydrogens is 520 g/mol. The van der Waals surface area contributed by atoms with Crippen LogP contribution >= 0.6 is 0 Å². The van der Waals surface area contributed by atoms with E-state index < -0.39 is 53.5 Å². The second-order valence-corrected chi connectivity index (χ2v) is 12.2. The van der Waals surface area contributed by atoms with Crippen molar-refractivity contribution in [3.05, 3.63) is 35.4 Å². The highest BCUT2D eigenvalue weighted by Gasteiger charge is 2.60. The van der Waals surface area contributed by atoms with Gasteiger partial charge in [0, 0.05) is 18.3 Å². The lowest BCUT2D eigenvalue weighted by Gasteiger charge is -2.39. The van der Waals surface area contributed by atoms with E-state index >= 15 is 0 Å². The third-order valence-electron chi connectivity index (χ3n) is 9.29. The summed E-state index contributed by atoms with van der Waals surface area (Å²) in [6, 6.07) is 7.08. The molecule has 5 unspecified atom stereocenters. The molecule has 224 valence electrons. The number of fused-ring (bicyclic) bond motifs is 3. The number of cyclic esters (lactones) is 4. The first kappa shape index (κ1) is 31.1. The smallest absolute Gasteiger partial charge is 0.321 e. The fourth-order valence-electron chi connectivity index (χ4n) is 7.17. The molecule has 4 rings (SSSR count). The average molecular weight is 567 g/mol. The molecule has 0 amide bonds. The predicted octanol–water partition coefficient (Wildman–Crippen LogP) is 7.10. The van der Waals surface area contributed by atoms with E-state index in [1.54, 1.807) is 24.3 Å². The molecule has 2 aliphatic heterocycles. The zero-order valence-electron chi connectivity index (χ0n) is 24.6. The van der Waals surface area contributed by atoms with Crippen LogP contribution < -0.4 is 0 Å². The summed E-state index contributed by atoms with van der Waals surface area (Å²) in [7, 11) is 0. The van der Waals surface area contributed by atoms with E-state index in [0.717, 1.165) is 19.3 Å². The molecule has 2 saturated heterocycles. The third-order valence-corrected chi connectivity index (χ3v) is 9.29. The van der Waals surface area contributed by atoms with Crippen LogP contribution in [0.2, 0.25) is 0 Å². The fourth-order valence-corrected chi connectivity index (χ4v) is 7.17. The van der Waals surface area contributed by atoms with E-state index in [1.165, 1.54) is 70.6 Å². The van der Waals surface area contributed by atoms with Crippen LogP contribution in [0.1, 0.15) is 139 Å². The van der Waals surface area contributed by atoms with Crippen molar-refractivity contribution in [1.29, 1.82) is 0 Å². The van der Waals surface area contributed by atoms with E-state index in [1.807, 2.05) is 0 Å². The monoisotopic (exact) mass is 566 g/mol. The number of esters is 4. The van der Waals surface area contributed by atoms with Crippen molar-refractivity contribution in [3.8, 4) is 0 Å². The molecule has 41 heavy (non-hydrogen) atoms. The van der Waals surface area contributed by atoms with Crippen LogP contribution in [0.3, 0.4) is 0 Å². The molecule has 0 radical (unpaired) electrons. The zero-order chi connectivity index (χ0) is 29.2. The normalized spacial score (nSPS) is 25.1. The van der Waals surface area contributed by atoms with Crippen LogP contribution in [0.4, 0.5) is 0 Å². The number of unbranched alkanes of at least 4 members (excludes halogenated alkanes) is 14. The van der Waals surface area contributed by atoms with Gasteiger partial charge in [-0.2, -0.15) is 0 Å². The molecule has 7 heteroatoms. The Hall–Kier alpha value is -2.83. The zero-order valence-corrected chi connectivity index (χ0v) is 24.6. The summed E-state index contributed by atoms with van der Waals surface area (Å²) in [6.07, 6.45) is 18.5. The number of rotatable bonds is 18. The minimum absolute atomic E-state index is 0.138. The van der Waals surface area contributed by atoms with Gasteiger partial charge in [-0.1, -0.05) is 121 Å². The van der Waals surface area contributed by atoms with Gasteiger partial charge in [0.2, 0.25) is 0 Å². The van der Waals surface area contributed by atoms with Crippen LogP contribution in [0.5, 0.6) is 0 Å². The number of hydrogen-bond acceptors (Lipinski definition) is 7.